The lowest BCUT2D eigenvalue weighted by molar-refractivity contribution is -0.771. The van der Waals surface area contributed by atoms with Crippen molar-refractivity contribution in [2.24, 2.45) is 0 Å². The molecular weight excluding hydrogens is 196 g/mol. The maximum atomic E-state index is 11.9. The fraction of sp³-hybridized carbons (Fsp3) is 0.111. The van der Waals surface area contributed by atoms with Gasteiger partial charge in [0.25, 0.3) is 6.67 Å². The van der Waals surface area contributed by atoms with Gasteiger partial charge in [-0.2, -0.15) is 9.78 Å². The molecule has 0 atom stereocenters. The third kappa shape index (κ3) is 1.04. The van der Waals surface area contributed by atoms with E-state index in [-0.39, 0.29) is 11.3 Å². The van der Waals surface area contributed by atoms with Crippen LogP contribution in [0.2, 0.25) is 0 Å². The van der Waals surface area contributed by atoms with Crippen molar-refractivity contribution in [3.05, 3.63) is 46.6 Å². The average Bonchev–Trinajstić information content (AvgIpc) is 2.68. The Morgan fingerprint density at radius 3 is 3.13 bits per heavy atom. The van der Waals surface area contributed by atoms with Gasteiger partial charge in [0.1, 0.15) is 5.69 Å². The summed E-state index contributed by atoms with van der Waals surface area (Å²) in [6.45, 7) is 0.439. The van der Waals surface area contributed by atoms with Crippen molar-refractivity contribution >= 4 is 5.91 Å². The number of carbonyl (C=O) groups excluding carboxylic acids is 1. The number of rotatable bonds is 0. The minimum atomic E-state index is -0.254. The highest BCUT2D eigenvalue weighted by atomic mass is 16.2. The summed E-state index contributed by atoms with van der Waals surface area (Å²) in [6.07, 6.45) is 4.64. The average molecular weight is 203 g/mol. The van der Waals surface area contributed by atoms with E-state index in [4.69, 9.17) is 0 Å². The van der Waals surface area contributed by atoms with Gasteiger partial charge in [-0.3, -0.25) is 9.59 Å². The number of hydrogen-bond donors (Lipinski definition) is 0. The molecule has 0 spiro atoms. The van der Waals surface area contributed by atoms with E-state index < -0.39 is 0 Å². The molecule has 3 heterocycles. The number of fused-ring (bicyclic) bond motifs is 2. The maximum absolute atomic E-state index is 11.9. The summed E-state index contributed by atoms with van der Waals surface area (Å²) in [5.74, 6) is -0.239. The van der Waals surface area contributed by atoms with Crippen LogP contribution in [0, 0.1) is 0 Å². The van der Waals surface area contributed by atoms with Crippen LogP contribution < -0.4 is 10.1 Å². The highest BCUT2D eigenvalue weighted by molar-refractivity contribution is 5.93. The molecule has 2 aromatic rings. The summed E-state index contributed by atoms with van der Waals surface area (Å²) in [7, 11) is 0. The maximum Gasteiger partial charge on any atom is 0.331 e. The van der Waals surface area contributed by atoms with Gasteiger partial charge < -0.3 is 0 Å². The highest BCUT2D eigenvalue weighted by Gasteiger charge is 2.27. The topological polar surface area (TPSA) is 60.8 Å². The molecular formula is C9H7N4O2+. The third-order valence-electron chi connectivity index (χ3n) is 2.35. The molecule has 2 aromatic heterocycles. The minimum absolute atomic E-state index is 0.239. The van der Waals surface area contributed by atoms with E-state index in [1.807, 2.05) is 0 Å². The van der Waals surface area contributed by atoms with Crippen molar-refractivity contribution in [1.29, 1.82) is 0 Å². The monoisotopic (exact) mass is 203 g/mol. The molecule has 0 amide bonds. The Labute approximate surface area is 84.0 Å². The van der Waals surface area contributed by atoms with Crippen LogP contribution in [-0.4, -0.2) is 20.4 Å². The summed E-state index contributed by atoms with van der Waals surface area (Å²) in [6, 6.07) is 3.07. The first-order valence-electron chi connectivity index (χ1n) is 4.45. The molecule has 0 aliphatic carbocycles. The molecule has 15 heavy (non-hydrogen) atoms. The van der Waals surface area contributed by atoms with Gasteiger partial charge in [0, 0.05) is 12.1 Å². The summed E-state index contributed by atoms with van der Waals surface area (Å²) in [4.78, 5) is 23.0. The number of aromatic nitrogens is 4. The fourth-order valence-corrected chi connectivity index (χ4v) is 1.65. The first-order valence-corrected chi connectivity index (χ1v) is 4.45. The smallest absolute Gasteiger partial charge is 0.288 e. The predicted octanol–water partition coefficient (Wildman–Crippen LogP) is -1.16. The molecule has 0 radical (unpaired) electrons. The molecule has 6 heteroatoms. The van der Waals surface area contributed by atoms with Crippen molar-refractivity contribution in [3.8, 4) is 0 Å². The normalized spacial score (nSPS) is 13.5. The zero-order valence-electron chi connectivity index (χ0n) is 7.70. The van der Waals surface area contributed by atoms with Gasteiger partial charge in [-0.25, -0.2) is 0 Å². The Hall–Kier alpha value is -2.24. The van der Waals surface area contributed by atoms with Crippen molar-refractivity contribution in [2.75, 3.05) is 0 Å². The predicted molar refractivity (Wildman–Crippen MR) is 48.3 cm³/mol. The van der Waals surface area contributed by atoms with E-state index in [9.17, 15) is 9.59 Å². The van der Waals surface area contributed by atoms with Gasteiger partial charge in [0.2, 0.25) is 5.43 Å². The molecule has 6 nitrogen and oxygen atoms in total. The Morgan fingerprint density at radius 1 is 1.40 bits per heavy atom. The van der Waals surface area contributed by atoms with Crippen LogP contribution in [0.5, 0.6) is 0 Å². The molecule has 0 fully saturated rings. The molecule has 0 saturated carbocycles. The zero-order chi connectivity index (χ0) is 10.4. The van der Waals surface area contributed by atoms with E-state index in [0.717, 1.165) is 0 Å². The molecule has 1 aliphatic rings. The highest BCUT2D eigenvalue weighted by Crippen LogP contribution is 2.01. The van der Waals surface area contributed by atoms with Gasteiger partial charge in [-0.1, -0.05) is 9.36 Å². The molecule has 0 bridgehead atoms. The SMILES string of the molecule is O=C1c2cc(=O)cnn2C[n+]2cccn21. The lowest BCUT2D eigenvalue weighted by Gasteiger charge is -2.12. The number of nitrogens with zero attached hydrogens (tertiary/aromatic N) is 4. The van der Waals surface area contributed by atoms with Crippen LogP contribution in [0.15, 0.2) is 35.5 Å². The van der Waals surface area contributed by atoms with Gasteiger partial charge in [0.15, 0.2) is 6.20 Å². The van der Waals surface area contributed by atoms with E-state index in [1.165, 1.54) is 21.6 Å². The first-order chi connectivity index (χ1) is 7.25. The second kappa shape index (κ2) is 2.63. The van der Waals surface area contributed by atoms with Gasteiger partial charge in [0.05, 0.1) is 12.4 Å². The van der Waals surface area contributed by atoms with Crippen molar-refractivity contribution < 1.29 is 9.48 Å². The molecule has 0 unspecified atom stereocenters. The Bertz CT molecular complexity index is 611. The quantitative estimate of drug-likeness (QED) is 0.433. The van der Waals surface area contributed by atoms with Crippen LogP contribution >= 0.6 is 0 Å². The molecule has 0 aromatic carbocycles. The van der Waals surface area contributed by atoms with E-state index in [1.54, 1.807) is 23.1 Å². The fourth-order valence-electron chi connectivity index (χ4n) is 1.65. The van der Waals surface area contributed by atoms with Gasteiger partial charge in [-0.15, -0.1) is 0 Å². The zero-order valence-corrected chi connectivity index (χ0v) is 7.70. The number of carbonyl (C=O) groups is 1. The second-order valence-electron chi connectivity index (χ2n) is 3.30. The van der Waals surface area contributed by atoms with Crippen molar-refractivity contribution in [1.82, 2.24) is 14.5 Å². The third-order valence-corrected chi connectivity index (χ3v) is 2.35. The molecule has 74 valence electrons. The first kappa shape index (κ1) is 8.10. The van der Waals surface area contributed by atoms with E-state index in [0.29, 0.717) is 12.4 Å². The summed E-state index contributed by atoms with van der Waals surface area (Å²) in [5.41, 5.74) is 0.0638. The summed E-state index contributed by atoms with van der Waals surface area (Å²) < 4.78 is 4.67. The Morgan fingerprint density at radius 2 is 2.27 bits per heavy atom. The van der Waals surface area contributed by atoms with Crippen LogP contribution in [0.3, 0.4) is 0 Å². The largest absolute Gasteiger partial charge is 0.331 e. The minimum Gasteiger partial charge on any atom is -0.288 e. The van der Waals surface area contributed by atoms with Crippen molar-refractivity contribution in [3.63, 3.8) is 0 Å². The van der Waals surface area contributed by atoms with Crippen LogP contribution in [0.1, 0.15) is 10.5 Å². The molecule has 0 saturated heterocycles. The van der Waals surface area contributed by atoms with Crippen LogP contribution in [-0.2, 0) is 6.67 Å². The van der Waals surface area contributed by atoms with E-state index >= 15 is 0 Å². The lowest BCUT2D eigenvalue weighted by Crippen LogP contribution is -2.53. The van der Waals surface area contributed by atoms with Gasteiger partial charge >= 0.3 is 5.91 Å². The molecule has 3 rings (SSSR count). The Kier molecular flexibility index (Phi) is 1.42. The van der Waals surface area contributed by atoms with Crippen molar-refractivity contribution in [2.45, 2.75) is 6.67 Å². The van der Waals surface area contributed by atoms with Crippen LogP contribution in [0.4, 0.5) is 0 Å². The summed E-state index contributed by atoms with van der Waals surface area (Å²) in [5, 5.41) is 3.90. The van der Waals surface area contributed by atoms with Crippen LogP contribution in [0.25, 0.3) is 0 Å². The standard InChI is InChI=1S/C9H7N4O2/c14-7-4-8-9(15)13-3-1-2-11(13)6-12(8)10-5-7/h1-5H,6H2/q+1. The van der Waals surface area contributed by atoms with E-state index in [2.05, 4.69) is 5.10 Å². The lowest BCUT2D eigenvalue weighted by atomic mass is 10.3. The number of hydrogen-bond acceptors (Lipinski definition) is 3. The summed E-state index contributed by atoms with van der Waals surface area (Å²) >= 11 is 0. The Balaban J connectivity index is 2.28. The molecule has 1 aliphatic heterocycles. The van der Waals surface area contributed by atoms with Gasteiger partial charge in [-0.05, 0) is 0 Å². The second-order valence-corrected chi connectivity index (χ2v) is 3.30. The molecule has 0 N–H and O–H groups in total.